The lowest BCUT2D eigenvalue weighted by atomic mass is 10.1. The fraction of sp³-hybridized carbons (Fsp3) is 0.462. The Morgan fingerprint density at radius 3 is 2.47 bits per heavy atom. The number of nitrogens with one attached hydrogen (secondary N) is 1. The molecule has 1 amide bonds. The quantitative estimate of drug-likeness (QED) is 0.843. The van der Waals surface area contributed by atoms with Crippen LogP contribution in [0.1, 0.15) is 31.1 Å². The third kappa shape index (κ3) is 3.37. The van der Waals surface area contributed by atoms with Gasteiger partial charge in [0.25, 0.3) is 5.91 Å². The SMILES string of the molecule is COc1ccc(C(=O)NC(C)C(C)C)cc1O. The van der Waals surface area contributed by atoms with Crippen molar-refractivity contribution < 1.29 is 14.6 Å². The molecule has 0 spiro atoms. The fourth-order valence-electron chi connectivity index (χ4n) is 1.29. The van der Waals surface area contributed by atoms with Crippen molar-refractivity contribution in [3.8, 4) is 11.5 Å². The van der Waals surface area contributed by atoms with Gasteiger partial charge in [-0.1, -0.05) is 13.8 Å². The first-order valence-electron chi connectivity index (χ1n) is 5.63. The minimum atomic E-state index is -0.191. The maximum Gasteiger partial charge on any atom is 0.251 e. The van der Waals surface area contributed by atoms with E-state index in [0.717, 1.165) is 0 Å². The van der Waals surface area contributed by atoms with Crippen LogP contribution in [0, 0.1) is 5.92 Å². The number of benzene rings is 1. The molecule has 2 N–H and O–H groups in total. The highest BCUT2D eigenvalue weighted by atomic mass is 16.5. The molecular weight excluding hydrogens is 218 g/mol. The molecule has 0 aliphatic carbocycles. The zero-order chi connectivity index (χ0) is 13.0. The van der Waals surface area contributed by atoms with Gasteiger partial charge in [-0.15, -0.1) is 0 Å². The topological polar surface area (TPSA) is 58.6 Å². The second kappa shape index (κ2) is 5.57. The molecule has 0 saturated heterocycles. The zero-order valence-corrected chi connectivity index (χ0v) is 10.7. The third-order valence-corrected chi connectivity index (χ3v) is 2.80. The molecule has 94 valence electrons. The van der Waals surface area contributed by atoms with E-state index in [9.17, 15) is 9.90 Å². The number of aromatic hydroxyl groups is 1. The van der Waals surface area contributed by atoms with Crippen molar-refractivity contribution in [2.24, 2.45) is 5.92 Å². The van der Waals surface area contributed by atoms with Gasteiger partial charge in [-0.25, -0.2) is 0 Å². The highest BCUT2D eigenvalue weighted by Crippen LogP contribution is 2.26. The number of amides is 1. The molecule has 1 rings (SSSR count). The Balaban J connectivity index is 2.80. The van der Waals surface area contributed by atoms with E-state index in [2.05, 4.69) is 5.32 Å². The van der Waals surface area contributed by atoms with Gasteiger partial charge in [-0.2, -0.15) is 0 Å². The second-order valence-corrected chi connectivity index (χ2v) is 4.39. The predicted octanol–water partition coefficient (Wildman–Crippen LogP) is 2.18. The summed E-state index contributed by atoms with van der Waals surface area (Å²) >= 11 is 0. The van der Waals surface area contributed by atoms with Gasteiger partial charge in [0.1, 0.15) is 0 Å². The van der Waals surface area contributed by atoms with E-state index in [1.165, 1.54) is 13.2 Å². The van der Waals surface area contributed by atoms with Crippen LogP contribution in [0.3, 0.4) is 0 Å². The molecule has 0 aromatic heterocycles. The maximum atomic E-state index is 11.8. The number of phenols is 1. The van der Waals surface area contributed by atoms with Crippen LogP contribution in [0.4, 0.5) is 0 Å². The van der Waals surface area contributed by atoms with Crippen LogP contribution in [-0.2, 0) is 0 Å². The molecule has 4 heteroatoms. The summed E-state index contributed by atoms with van der Waals surface area (Å²) in [6.45, 7) is 6.03. The Morgan fingerprint density at radius 2 is 2.00 bits per heavy atom. The lowest BCUT2D eigenvalue weighted by Gasteiger charge is -2.17. The molecule has 0 aliphatic rings. The molecule has 0 radical (unpaired) electrons. The van der Waals surface area contributed by atoms with Crippen LogP contribution >= 0.6 is 0 Å². The third-order valence-electron chi connectivity index (χ3n) is 2.80. The van der Waals surface area contributed by atoms with Crippen molar-refractivity contribution in [1.82, 2.24) is 5.32 Å². The molecular formula is C13H19NO3. The summed E-state index contributed by atoms with van der Waals surface area (Å²) in [7, 11) is 1.47. The number of ether oxygens (including phenoxy) is 1. The van der Waals surface area contributed by atoms with Gasteiger partial charge in [0, 0.05) is 11.6 Å². The van der Waals surface area contributed by atoms with Gasteiger partial charge in [0.15, 0.2) is 11.5 Å². The normalized spacial score (nSPS) is 12.3. The van der Waals surface area contributed by atoms with Crippen LogP contribution in [0.5, 0.6) is 11.5 Å². The number of methoxy groups -OCH3 is 1. The van der Waals surface area contributed by atoms with E-state index in [-0.39, 0.29) is 17.7 Å². The number of rotatable bonds is 4. The molecule has 1 aromatic rings. The van der Waals surface area contributed by atoms with Crippen molar-refractivity contribution in [2.75, 3.05) is 7.11 Å². The summed E-state index contributed by atoms with van der Waals surface area (Å²) in [5.74, 6) is 0.505. The van der Waals surface area contributed by atoms with Crippen LogP contribution in [-0.4, -0.2) is 24.2 Å². The number of hydrogen-bond acceptors (Lipinski definition) is 3. The Bertz CT molecular complexity index is 402. The second-order valence-electron chi connectivity index (χ2n) is 4.39. The number of phenolic OH excluding ortho intramolecular Hbond substituents is 1. The lowest BCUT2D eigenvalue weighted by Crippen LogP contribution is -2.36. The summed E-state index contributed by atoms with van der Waals surface area (Å²) in [4.78, 5) is 11.8. The average Bonchev–Trinajstić information content (AvgIpc) is 2.28. The summed E-state index contributed by atoms with van der Waals surface area (Å²) in [5, 5.41) is 12.4. The highest BCUT2D eigenvalue weighted by Gasteiger charge is 2.13. The lowest BCUT2D eigenvalue weighted by molar-refractivity contribution is 0.0930. The van der Waals surface area contributed by atoms with E-state index in [4.69, 9.17) is 4.74 Å². The summed E-state index contributed by atoms with van der Waals surface area (Å²) in [6, 6.07) is 4.69. The van der Waals surface area contributed by atoms with E-state index >= 15 is 0 Å². The Labute approximate surface area is 102 Å². The molecule has 4 nitrogen and oxygen atoms in total. The maximum absolute atomic E-state index is 11.8. The minimum Gasteiger partial charge on any atom is -0.504 e. The Hall–Kier alpha value is -1.71. The summed E-state index contributed by atoms with van der Waals surface area (Å²) < 4.78 is 4.92. The van der Waals surface area contributed by atoms with Crippen molar-refractivity contribution in [3.63, 3.8) is 0 Å². The smallest absolute Gasteiger partial charge is 0.251 e. The van der Waals surface area contributed by atoms with Crippen molar-refractivity contribution in [2.45, 2.75) is 26.8 Å². The van der Waals surface area contributed by atoms with Crippen LogP contribution < -0.4 is 10.1 Å². The molecule has 0 aliphatic heterocycles. The molecule has 0 heterocycles. The first-order chi connectivity index (χ1) is 7.95. The van der Waals surface area contributed by atoms with Gasteiger partial charge in [-0.3, -0.25) is 4.79 Å². The summed E-state index contributed by atoms with van der Waals surface area (Å²) in [6.07, 6.45) is 0. The van der Waals surface area contributed by atoms with Crippen molar-refractivity contribution >= 4 is 5.91 Å². The first kappa shape index (κ1) is 13.4. The molecule has 0 fully saturated rings. The van der Waals surface area contributed by atoms with Gasteiger partial charge in [0.05, 0.1) is 7.11 Å². The molecule has 0 saturated carbocycles. The highest BCUT2D eigenvalue weighted by molar-refractivity contribution is 5.95. The predicted molar refractivity (Wildman–Crippen MR) is 66.4 cm³/mol. The van der Waals surface area contributed by atoms with Crippen molar-refractivity contribution in [3.05, 3.63) is 23.8 Å². The molecule has 17 heavy (non-hydrogen) atoms. The van der Waals surface area contributed by atoms with Crippen molar-refractivity contribution in [1.29, 1.82) is 0 Å². The largest absolute Gasteiger partial charge is 0.504 e. The van der Waals surface area contributed by atoms with E-state index < -0.39 is 0 Å². The minimum absolute atomic E-state index is 0.0302. The monoisotopic (exact) mass is 237 g/mol. The number of carbonyl (C=O) groups excluding carboxylic acids is 1. The zero-order valence-electron chi connectivity index (χ0n) is 10.7. The van der Waals surface area contributed by atoms with Gasteiger partial charge in [-0.05, 0) is 31.0 Å². The fourth-order valence-corrected chi connectivity index (χ4v) is 1.29. The van der Waals surface area contributed by atoms with Crippen LogP contribution in [0.2, 0.25) is 0 Å². The number of carbonyl (C=O) groups is 1. The van der Waals surface area contributed by atoms with Gasteiger partial charge >= 0.3 is 0 Å². The molecule has 1 atom stereocenters. The van der Waals surface area contributed by atoms with Crippen LogP contribution in [0.25, 0.3) is 0 Å². The first-order valence-corrected chi connectivity index (χ1v) is 5.63. The average molecular weight is 237 g/mol. The van der Waals surface area contributed by atoms with E-state index in [0.29, 0.717) is 17.2 Å². The Morgan fingerprint density at radius 1 is 1.35 bits per heavy atom. The van der Waals surface area contributed by atoms with E-state index in [1.807, 2.05) is 20.8 Å². The Kier molecular flexibility index (Phi) is 4.37. The molecule has 1 aromatic carbocycles. The summed E-state index contributed by atoms with van der Waals surface area (Å²) in [5.41, 5.74) is 0.427. The van der Waals surface area contributed by atoms with Gasteiger partial charge < -0.3 is 15.2 Å². The van der Waals surface area contributed by atoms with Crippen LogP contribution in [0.15, 0.2) is 18.2 Å². The molecule has 0 bridgehead atoms. The standard InChI is InChI=1S/C13H19NO3/c1-8(2)9(3)14-13(16)10-5-6-12(17-4)11(15)7-10/h5-9,15H,1-4H3,(H,14,16). The molecule has 1 unspecified atom stereocenters. The van der Waals surface area contributed by atoms with E-state index in [1.54, 1.807) is 12.1 Å². The van der Waals surface area contributed by atoms with Gasteiger partial charge in [0.2, 0.25) is 0 Å². The number of hydrogen-bond donors (Lipinski definition) is 2.